The van der Waals surface area contributed by atoms with E-state index >= 15 is 0 Å². The maximum Gasteiger partial charge on any atom is 0.243 e. The molecule has 0 bridgehead atoms. The maximum atomic E-state index is 10.3. The van der Waals surface area contributed by atoms with Crippen LogP contribution in [0, 0.1) is 0 Å². The van der Waals surface area contributed by atoms with Crippen LogP contribution in [-0.2, 0) is 4.79 Å². The van der Waals surface area contributed by atoms with Gasteiger partial charge in [-0.25, -0.2) is 0 Å². The molecule has 1 radical (unpaired) electrons. The third-order valence-electron chi connectivity index (χ3n) is 0.735. The van der Waals surface area contributed by atoms with Gasteiger partial charge in [0.2, 0.25) is 5.91 Å². The molecule has 0 spiro atoms. The molecule has 2 nitrogen and oxygen atoms in total. The molecule has 0 aromatic rings. The molecule has 0 aliphatic rings. The first-order valence-corrected chi connectivity index (χ1v) is 2.71. The van der Waals surface area contributed by atoms with E-state index in [0.29, 0.717) is 0 Å². The Bertz CT molecular complexity index is 93.1. The van der Waals surface area contributed by atoms with Gasteiger partial charge in [0.25, 0.3) is 0 Å². The quantitative estimate of drug-likeness (QED) is 0.439. The zero-order valence-electron chi connectivity index (χ0n) is 6.11. The van der Waals surface area contributed by atoms with Crippen LogP contribution in [-0.4, -0.2) is 42.0 Å². The second-order valence-corrected chi connectivity index (χ2v) is 1.50. The predicted molar refractivity (Wildman–Crippen MR) is 39.3 cm³/mol. The first kappa shape index (κ1) is 11.9. The zero-order valence-corrected chi connectivity index (χ0v) is 8.11. The van der Waals surface area contributed by atoms with E-state index in [4.69, 9.17) is 0 Å². The summed E-state index contributed by atoms with van der Waals surface area (Å²) in [5.74, 6) is -0.0909. The Balaban J connectivity index is 0. The van der Waals surface area contributed by atoms with E-state index in [1.54, 1.807) is 0 Å². The molecule has 0 rings (SSSR count). The SMILES string of the molecule is C=CC(=O)NCCC.[Na]. The monoisotopic (exact) mass is 136 g/mol. The van der Waals surface area contributed by atoms with Crippen molar-refractivity contribution in [3.63, 3.8) is 0 Å². The fourth-order valence-electron chi connectivity index (χ4n) is 0.320. The summed E-state index contributed by atoms with van der Waals surface area (Å²) in [4.78, 5) is 10.3. The summed E-state index contributed by atoms with van der Waals surface area (Å²) in [7, 11) is 0. The van der Waals surface area contributed by atoms with Gasteiger partial charge in [-0.3, -0.25) is 4.79 Å². The van der Waals surface area contributed by atoms with Gasteiger partial charge >= 0.3 is 0 Å². The van der Waals surface area contributed by atoms with Crippen molar-refractivity contribution >= 4 is 35.5 Å². The van der Waals surface area contributed by atoms with E-state index in [1.807, 2.05) is 6.92 Å². The van der Waals surface area contributed by atoms with Crippen molar-refractivity contribution in [2.45, 2.75) is 13.3 Å². The number of hydrogen-bond acceptors (Lipinski definition) is 1. The zero-order chi connectivity index (χ0) is 6.41. The van der Waals surface area contributed by atoms with E-state index < -0.39 is 0 Å². The molecule has 0 saturated carbocycles. The summed E-state index contributed by atoms with van der Waals surface area (Å²) in [5.41, 5.74) is 0. The van der Waals surface area contributed by atoms with Crippen LogP contribution in [0.2, 0.25) is 0 Å². The number of carbonyl (C=O) groups excluding carboxylic acids is 1. The summed E-state index contributed by atoms with van der Waals surface area (Å²) < 4.78 is 0. The average molecular weight is 136 g/mol. The van der Waals surface area contributed by atoms with Gasteiger partial charge in [-0.2, -0.15) is 0 Å². The molecule has 0 fully saturated rings. The number of nitrogens with one attached hydrogen (secondary N) is 1. The van der Waals surface area contributed by atoms with E-state index in [9.17, 15) is 4.79 Å². The summed E-state index contributed by atoms with van der Waals surface area (Å²) in [6.07, 6.45) is 2.25. The van der Waals surface area contributed by atoms with Crippen LogP contribution in [0.3, 0.4) is 0 Å². The van der Waals surface area contributed by atoms with Crippen molar-refractivity contribution in [3.8, 4) is 0 Å². The first-order chi connectivity index (χ1) is 3.81. The van der Waals surface area contributed by atoms with Gasteiger partial charge in [-0.1, -0.05) is 13.5 Å². The van der Waals surface area contributed by atoms with Crippen LogP contribution >= 0.6 is 0 Å². The molecule has 9 heavy (non-hydrogen) atoms. The van der Waals surface area contributed by atoms with Crippen LogP contribution in [0.25, 0.3) is 0 Å². The third-order valence-corrected chi connectivity index (χ3v) is 0.735. The molecule has 0 heterocycles. The van der Waals surface area contributed by atoms with Crippen LogP contribution in [0.4, 0.5) is 0 Å². The van der Waals surface area contributed by atoms with Gasteiger partial charge in [-0.15, -0.1) is 0 Å². The molecule has 0 aromatic carbocycles. The predicted octanol–water partition coefficient (Wildman–Crippen LogP) is 0.318. The Morgan fingerprint density at radius 2 is 2.33 bits per heavy atom. The molecular weight excluding hydrogens is 125 g/mol. The summed E-state index contributed by atoms with van der Waals surface area (Å²) >= 11 is 0. The van der Waals surface area contributed by atoms with E-state index in [1.165, 1.54) is 6.08 Å². The van der Waals surface area contributed by atoms with Gasteiger partial charge in [0.05, 0.1) is 0 Å². The average Bonchev–Trinajstić information content (AvgIpc) is 1.83. The van der Waals surface area contributed by atoms with Crippen LogP contribution < -0.4 is 5.32 Å². The van der Waals surface area contributed by atoms with Gasteiger partial charge in [0, 0.05) is 36.1 Å². The Kier molecular flexibility index (Phi) is 10.9. The first-order valence-electron chi connectivity index (χ1n) is 2.71. The van der Waals surface area contributed by atoms with Crippen molar-refractivity contribution in [2.24, 2.45) is 0 Å². The second-order valence-electron chi connectivity index (χ2n) is 1.50. The Hall–Kier alpha value is 0.210. The minimum absolute atomic E-state index is 0. The van der Waals surface area contributed by atoms with Crippen molar-refractivity contribution in [3.05, 3.63) is 12.7 Å². The van der Waals surface area contributed by atoms with Crippen molar-refractivity contribution in [1.29, 1.82) is 0 Å². The smallest absolute Gasteiger partial charge is 0.243 e. The van der Waals surface area contributed by atoms with E-state index in [2.05, 4.69) is 11.9 Å². The summed E-state index contributed by atoms with van der Waals surface area (Å²) in [6, 6.07) is 0. The molecule has 1 amide bonds. The third kappa shape index (κ3) is 8.21. The van der Waals surface area contributed by atoms with Gasteiger partial charge < -0.3 is 5.32 Å². The molecule has 0 aliphatic heterocycles. The van der Waals surface area contributed by atoms with Crippen LogP contribution in [0.5, 0.6) is 0 Å². The van der Waals surface area contributed by atoms with Gasteiger partial charge in [0.1, 0.15) is 0 Å². The van der Waals surface area contributed by atoms with Crippen molar-refractivity contribution in [1.82, 2.24) is 5.32 Å². The minimum atomic E-state index is -0.0909. The fraction of sp³-hybridized carbons (Fsp3) is 0.500. The topological polar surface area (TPSA) is 29.1 Å². The Labute approximate surface area is 78.0 Å². The molecule has 1 N–H and O–H groups in total. The number of rotatable bonds is 3. The summed E-state index contributed by atoms with van der Waals surface area (Å²) in [5, 5.41) is 2.62. The largest absolute Gasteiger partial charge is 0.353 e. The Morgan fingerprint density at radius 1 is 1.78 bits per heavy atom. The van der Waals surface area contributed by atoms with Gasteiger partial charge in [-0.05, 0) is 12.5 Å². The van der Waals surface area contributed by atoms with E-state index in [0.717, 1.165) is 13.0 Å². The molecule has 0 saturated heterocycles. The number of amides is 1. The molecule has 0 aromatic heterocycles. The molecule has 0 aliphatic carbocycles. The van der Waals surface area contributed by atoms with E-state index in [-0.39, 0.29) is 35.5 Å². The second kappa shape index (κ2) is 8.21. The molecule has 0 atom stereocenters. The van der Waals surface area contributed by atoms with Crippen molar-refractivity contribution in [2.75, 3.05) is 6.54 Å². The number of carbonyl (C=O) groups is 1. The fourth-order valence-corrected chi connectivity index (χ4v) is 0.320. The Morgan fingerprint density at radius 3 is 2.67 bits per heavy atom. The standard InChI is InChI=1S/C6H11NO.Na/c1-3-5-7-6(8)4-2;/h4H,2-3,5H2,1H3,(H,7,8);. The minimum Gasteiger partial charge on any atom is -0.353 e. The van der Waals surface area contributed by atoms with Crippen LogP contribution in [0.1, 0.15) is 13.3 Å². The summed E-state index contributed by atoms with van der Waals surface area (Å²) in [6.45, 7) is 6.05. The van der Waals surface area contributed by atoms with Crippen molar-refractivity contribution < 1.29 is 4.79 Å². The normalized spacial score (nSPS) is 7.22. The molecule has 0 unspecified atom stereocenters. The molecule has 47 valence electrons. The molecular formula is C6H11NNaO. The van der Waals surface area contributed by atoms with Gasteiger partial charge in [0.15, 0.2) is 0 Å². The van der Waals surface area contributed by atoms with Crippen LogP contribution in [0.15, 0.2) is 12.7 Å². The number of hydrogen-bond donors (Lipinski definition) is 1. The molecule has 3 heteroatoms. The maximum absolute atomic E-state index is 10.3.